The molecule has 1 N–H and O–H groups in total. The molecular weight excluding hydrogens is 472 g/mol. The van der Waals surface area contributed by atoms with Crippen LogP contribution in [0.25, 0.3) is 17.1 Å². The number of ketones is 1. The summed E-state index contributed by atoms with van der Waals surface area (Å²) in [5.74, 6) is 2.12. The first-order chi connectivity index (χ1) is 16.6. The number of thiophene rings is 1. The van der Waals surface area contributed by atoms with E-state index in [-0.39, 0.29) is 24.2 Å². The summed E-state index contributed by atoms with van der Waals surface area (Å²) >= 11 is 2.72. The first-order valence-electron chi connectivity index (χ1n) is 10.5. The summed E-state index contributed by atoms with van der Waals surface area (Å²) in [4.78, 5) is 25.5. The number of rotatable bonds is 8. The molecule has 0 radical (unpaired) electrons. The van der Waals surface area contributed by atoms with Gasteiger partial charge in [0.25, 0.3) is 0 Å². The lowest BCUT2D eigenvalue weighted by Gasteiger charge is -2.10. The van der Waals surface area contributed by atoms with E-state index in [1.807, 2.05) is 59.2 Å². The molecule has 5 rings (SSSR count). The molecule has 0 unspecified atom stereocenters. The molecule has 2 aromatic heterocycles. The fourth-order valence-corrected chi connectivity index (χ4v) is 5.24. The molecule has 172 valence electrons. The fourth-order valence-electron chi connectivity index (χ4n) is 3.43. The van der Waals surface area contributed by atoms with Crippen molar-refractivity contribution < 1.29 is 19.1 Å². The van der Waals surface area contributed by atoms with Crippen molar-refractivity contribution in [2.75, 3.05) is 12.5 Å². The maximum absolute atomic E-state index is 12.8. The van der Waals surface area contributed by atoms with Gasteiger partial charge < -0.3 is 14.8 Å². The van der Waals surface area contributed by atoms with Crippen LogP contribution in [-0.2, 0) is 11.3 Å². The Bertz CT molecular complexity index is 1350. The van der Waals surface area contributed by atoms with Gasteiger partial charge in [-0.25, -0.2) is 0 Å². The Labute approximate surface area is 203 Å². The van der Waals surface area contributed by atoms with E-state index in [9.17, 15) is 9.59 Å². The average Bonchev–Trinajstić information content (AvgIpc) is 3.60. The van der Waals surface area contributed by atoms with Crippen LogP contribution in [0, 0.1) is 0 Å². The number of thioether (sulfide) groups is 1. The molecule has 2 aromatic carbocycles. The molecule has 0 bridgehead atoms. The van der Waals surface area contributed by atoms with Gasteiger partial charge in [0.05, 0.1) is 17.2 Å². The van der Waals surface area contributed by atoms with E-state index in [0.29, 0.717) is 33.9 Å². The molecular formula is C24H20N4O4S2. The second-order valence-electron chi connectivity index (χ2n) is 7.43. The van der Waals surface area contributed by atoms with Crippen LogP contribution in [0.3, 0.4) is 0 Å². The van der Waals surface area contributed by atoms with E-state index in [1.54, 1.807) is 6.07 Å². The zero-order chi connectivity index (χ0) is 23.5. The van der Waals surface area contributed by atoms with Gasteiger partial charge in [0.15, 0.2) is 28.3 Å². The van der Waals surface area contributed by atoms with E-state index in [0.717, 1.165) is 16.1 Å². The highest BCUT2D eigenvalue weighted by molar-refractivity contribution is 7.99. The second-order valence-corrected chi connectivity index (χ2v) is 9.54. The number of Topliss-reactive ketones (excluding diaryl/α,β-unsaturated/α-hetero) is 1. The number of ether oxygens (including phenoxy) is 2. The predicted octanol–water partition coefficient (Wildman–Crippen LogP) is 4.34. The average molecular weight is 493 g/mol. The van der Waals surface area contributed by atoms with Gasteiger partial charge in [-0.15, -0.1) is 21.5 Å². The number of carbonyl (C=O) groups is 2. The lowest BCUT2D eigenvalue weighted by atomic mass is 10.2. The smallest absolute Gasteiger partial charge is 0.231 e. The van der Waals surface area contributed by atoms with E-state index in [2.05, 4.69) is 15.5 Å². The molecule has 1 aliphatic rings. The summed E-state index contributed by atoms with van der Waals surface area (Å²) in [6.45, 7) is 2.08. The molecule has 0 saturated heterocycles. The van der Waals surface area contributed by atoms with E-state index in [4.69, 9.17) is 9.47 Å². The standard InChI is InChI=1S/C24H20N4O4S2/c1-15(29)25-12-18-8-10-22(34-18)19(30)13-33-24-27-26-23(28(24)17-5-3-2-4-6-17)16-7-9-20-21(11-16)32-14-31-20/h2-11H,12-14H2,1H3,(H,25,29). The van der Waals surface area contributed by atoms with Crippen LogP contribution in [0.1, 0.15) is 21.5 Å². The van der Waals surface area contributed by atoms with Crippen molar-refractivity contribution in [3.05, 3.63) is 70.4 Å². The minimum atomic E-state index is -0.102. The SMILES string of the molecule is CC(=O)NCc1ccc(C(=O)CSc2nnc(-c3ccc4c(c3)OCO4)n2-c2ccccc2)s1. The first kappa shape index (κ1) is 22.2. The normalized spacial score (nSPS) is 12.0. The summed E-state index contributed by atoms with van der Waals surface area (Å²) in [5, 5.41) is 12.2. The number of amides is 1. The summed E-state index contributed by atoms with van der Waals surface area (Å²) in [5.41, 5.74) is 1.73. The highest BCUT2D eigenvalue weighted by Crippen LogP contribution is 2.37. The Hall–Kier alpha value is -3.63. The molecule has 0 spiro atoms. The summed E-state index contributed by atoms with van der Waals surface area (Å²) in [6, 6.07) is 19.1. The van der Waals surface area contributed by atoms with Gasteiger partial charge in [-0.3, -0.25) is 14.2 Å². The summed E-state index contributed by atoms with van der Waals surface area (Å²) in [7, 11) is 0. The van der Waals surface area contributed by atoms with Gasteiger partial charge in [-0.05, 0) is 42.5 Å². The number of hydrogen-bond donors (Lipinski definition) is 1. The summed E-state index contributed by atoms with van der Waals surface area (Å²) < 4.78 is 12.9. The van der Waals surface area contributed by atoms with Crippen molar-refractivity contribution in [2.24, 2.45) is 0 Å². The van der Waals surface area contributed by atoms with Crippen molar-refractivity contribution >= 4 is 34.8 Å². The van der Waals surface area contributed by atoms with Gasteiger partial charge in [0.1, 0.15) is 0 Å². The minimum absolute atomic E-state index is 0.00341. The Balaban J connectivity index is 1.39. The maximum atomic E-state index is 12.8. The van der Waals surface area contributed by atoms with Gasteiger partial charge in [0, 0.05) is 23.1 Å². The molecule has 0 atom stereocenters. The first-order valence-corrected chi connectivity index (χ1v) is 12.3. The molecule has 0 fully saturated rings. The monoisotopic (exact) mass is 492 g/mol. The number of nitrogens with zero attached hydrogens (tertiary/aromatic N) is 3. The van der Waals surface area contributed by atoms with Gasteiger partial charge in [0.2, 0.25) is 12.7 Å². The number of fused-ring (bicyclic) bond motifs is 1. The van der Waals surface area contributed by atoms with Crippen molar-refractivity contribution in [2.45, 2.75) is 18.6 Å². The van der Waals surface area contributed by atoms with Gasteiger partial charge in [-0.1, -0.05) is 30.0 Å². The molecule has 10 heteroatoms. The van der Waals surface area contributed by atoms with Crippen LogP contribution < -0.4 is 14.8 Å². The third-order valence-electron chi connectivity index (χ3n) is 5.06. The van der Waals surface area contributed by atoms with Crippen molar-refractivity contribution in [3.8, 4) is 28.6 Å². The molecule has 1 amide bonds. The zero-order valence-corrected chi connectivity index (χ0v) is 19.8. The number of aromatic nitrogens is 3. The number of para-hydroxylation sites is 1. The Kier molecular flexibility index (Phi) is 6.33. The van der Waals surface area contributed by atoms with Crippen LogP contribution in [0.2, 0.25) is 0 Å². The number of benzene rings is 2. The zero-order valence-electron chi connectivity index (χ0n) is 18.2. The van der Waals surface area contributed by atoms with Crippen LogP contribution >= 0.6 is 23.1 Å². The lowest BCUT2D eigenvalue weighted by Crippen LogP contribution is -2.18. The maximum Gasteiger partial charge on any atom is 0.231 e. The minimum Gasteiger partial charge on any atom is -0.454 e. The second kappa shape index (κ2) is 9.70. The van der Waals surface area contributed by atoms with Gasteiger partial charge >= 0.3 is 0 Å². The van der Waals surface area contributed by atoms with E-state index < -0.39 is 0 Å². The van der Waals surface area contributed by atoms with Crippen molar-refractivity contribution in [1.29, 1.82) is 0 Å². The molecule has 0 saturated carbocycles. The molecule has 8 nitrogen and oxygen atoms in total. The molecule has 4 aromatic rings. The van der Waals surface area contributed by atoms with E-state index in [1.165, 1.54) is 30.0 Å². The quantitative estimate of drug-likeness (QED) is 0.289. The van der Waals surface area contributed by atoms with Crippen LogP contribution in [0.5, 0.6) is 11.5 Å². The van der Waals surface area contributed by atoms with Crippen LogP contribution in [0.4, 0.5) is 0 Å². The number of hydrogen-bond acceptors (Lipinski definition) is 8. The largest absolute Gasteiger partial charge is 0.454 e. The predicted molar refractivity (Wildman–Crippen MR) is 130 cm³/mol. The highest BCUT2D eigenvalue weighted by atomic mass is 32.2. The molecule has 3 heterocycles. The number of nitrogens with one attached hydrogen (secondary N) is 1. The van der Waals surface area contributed by atoms with E-state index >= 15 is 0 Å². The fraction of sp³-hybridized carbons (Fsp3) is 0.167. The summed E-state index contributed by atoms with van der Waals surface area (Å²) in [6.07, 6.45) is 0. The number of carbonyl (C=O) groups excluding carboxylic acids is 2. The topological polar surface area (TPSA) is 95.3 Å². The third kappa shape index (κ3) is 4.68. The van der Waals surface area contributed by atoms with Crippen LogP contribution in [0.15, 0.2) is 65.8 Å². The molecule has 34 heavy (non-hydrogen) atoms. The van der Waals surface area contributed by atoms with Crippen LogP contribution in [-0.4, -0.2) is 39.0 Å². The van der Waals surface area contributed by atoms with Crippen molar-refractivity contribution in [3.63, 3.8) is 0 Å². The lowest BCUT2D eigenvalue weighted by molar-refractivity contribution is -0.119. The van der Waals surface area contributed by atoms with Crippen molar-refractivity contribution in [1.82, 2.24) is 20.1 Å². The highest BCUT2D eigenvalue weighted by Gasteiger charge is 2.21. The Morgan fingerprint density at radius 2 is 1.88 bits per heavy atom. The Morgan fingerprint density at radius 3 is 2.71 bits per heavy atom. The third-order valence-corrected chi connectivity index (χ3v) is 7.11. The molecule has 0 aliphatic carbocycles. The van der Waals surface area contributed by atoms with Gasteiger partial charge in [-0.2, -0.15) is 0 Å². The Morgan fingerprint density at radius 1 is 1.06 bits per heavy atom. The molecule has 1 aliphatic heterocycles.